The number of carbonyl (C=O) groups is 2. The summed E-state index contributed by atoms with van der Waals surface area (Å²) in [7, 11) is 0. The summed E-state index contributed by atoms with van der Waals surface area (Å²) in [6.45, 7) is 2.43. The number of aliphatic hydroxyl groups excluding tert-OH is 1. The van der Waals surface area contributed by atoms with E-state index in [0.717, 1.165) is 11.1 Å². The first-order valence-corrected chi connectivity index (χ1v) is 12.4. The van der Waals surface area contributed by atoms with Crippen LogP contribution in [0.3, 0.4) is 0 Å². The van der Waals surface area contributed by atoms with E-state index in [1.54, 1.807) is 60.1 Å². The van der Waals surface area contributed by atoms with Gasteiger partial charge in [-0.1, -0.05) is 53.6 Å². The van der Waals surface area contributed by atoms with Gasteiger partial charge in [-0.15, -0.1) is 11.3 Å². The van der Waals surface area contributed by atoms with Crippen molar-refractivity contribution in [1.29, 1.82) is 0 Å². The standard InChI is InChI=1S/C28H21ClN2O4S/c1-17-4-2-5-18(14-17)16-35-22-10-8-19(9-11-22)25(32)23-24(20-6-3-7-21(29)15-20)31(27(34)26(23)33)28-30-12-13-36-28/h2-15,24,32H,16H2,1H3/t24-/m0/s1. The Kier molecular flexibility index (Phi) is 6.59. The van der Waals surface area contributed by atoms with Crippen LogP contribution in [-0.4, -0.2) is 21.8 Å². The van der Waals surface area contributed by atoms with Crippen molar-refractivity contribution >= 4 is 45.5 Å². The zero-order valence-electron chi connectivity index (χ0n) is 19.2. The molecule has 1 aromatic heterocycles. The lowest BCUT2D eigenvalue weighted by atomic mass is 9.95. The highest BCUT2D eigenvalue weighted by Crippen LogP contribution is 2.43. The number of aromatic nitrogens is 1. The summed E-state index contributed by atoms with van der Waals surface area (Å²) in [5.74, 6) is -1.20. The van der Waals surface area contributed by atoms with E-state index in [1.165, 1.54) is 16.2 Å². The number of halogens is 1. The maximum atomic E-state index is 13.2. The molecule has 0 radical (unpaired) electrons. The number of aryl methyl sites for hydroxylation is 1. The monoisotopic (exact) mass is 516 g/mol. The smallest absolute Gasteiger partial charge is 0.301 e. The molecule has 8 heteroatoms. The third kappa shape index (κ3) is 4.63. The van der Waals surface area contributed by atoms with Crippen LogP contribution in [0.15, 0.2) is 89.9 Å². The summed E-state index contributed by atoms with van der Waals surface area (Å²) in [4.78, 5) is 31.8. The van der Waals surface area contributed by atoms with Gasteiger partial charge in [-0.05, 0) is 54.4 Å². The van der Waals surface area contributed by atoms with Gasteiger partial charge < -0.3 is 9.84 Å². The van der Waals surface area contributed by atoms with E-state index in [2.05, 4.69) is 11.1 Å². The fraction of sp³-hybridized carbons (Fsp3) is 0.107. The molecule has 1 saturated heterocycles. The molecule has 2 heterocycles. The zero-order chi connectivity index (χ0) is 25.2. The molecular weight excluding hydrogens is 496 g/mol. The summed E-state index contributed by atoms with van der Waals surface area (Å²) in [6.07, 6.45) is 1.56. The number of hydrogen-bond acceptors (Lipinski definition) is 6. The molecule has 0 saturated carbocycles. The Morgan fingerprint density at radius 3 is 2.56 bits per heavy atom. The average molecular weight is 517 g/mol. The summed E-state index contributed by atoms with van der Waals surface area (Å²) in [6, 6.07) is 20.8. The second-order valence-corrected chi connectivity index (χ2v) is 9.65. The predicted molar refractivity (Wildman–Crippen MR) is 140 cm³/mol. The number of hydrogen-bond donors (Lipinski definition) is 1. The van der Waals surface area contributed by atoms with E-state index >= 15 is 0 Å². The highest BCUT2D eigenvalue weighted by atomic mass is 35.5. The Morgan fingerprint density at radius 1 is 1.08 bits per heavy atom. The molecule has 1 aliphatic heterocycles. The molecule has 1 aliphatic rings. The minimum atomic E-state index is -0.868. The minimum absolute atomic E-state index is 0.0223. The Bertz CT molecular complexity index is 1470. The average Bonchev–Trinajstić information content (AvgIpc) is 3.49. The Morgan fingerprint density at radius 2 is 1.86 bits per heavy atom. The van der Waals surface area contributed by atoms with Crippen molar-refractivity contribution in [2.24, 2.45) is 0 Å². The number of carbonyl (C=O) groups excluding carboxylic acids is 2. The van der Waals surface area contributed by atoms with Gasteiger partial charge in [-0.25, -0.2) is 4.98 Å². The van der Waals surface area contributed by atoms with E-state index in [4.69, 9.17) is 16.3 Å². The van der Waals surface area contributed by atoms with Crippen LogP contribution in [-0.2, 0) is 16.2 Å². The van der Waals surface area contributed by atoms with Crippen LogP contribution >= 0.6 is 22.9 Å². The third-order valence-electron chi connectivity index (χ3n) is 5.85. The quantitative estimate of drug-likeness (QED) is 0.184. The predicted octanol–water partition coefficient (Wildman–Crippen LogP) is 6.31. The number of Topliss-reactive ketones (excluding diaryl/α,β-unsaturated/α-hetero) is 1. The van der Waals surface area contributed by atoms with Crippen LogP contribution in [0, 0.1) is 6.92 Å². The number of aliphatic hydroxyl groups is 1. The zero-order valence-corrected chi connectivity index (χ0v) is 20.8. The van der Waals surface area contributed by atoms with Crippen molar-refractivity contribution in [3.05, 3.63) is 117 Å². The molecule has 6 nitrogen and oxygen atoms in total. The Hall–Kier alpha value is -3.94. The second-order valence-electron chi connectivity index (χ2n) is 8.34. The van der Waals surface area contributed by atoms with Crippen molar-refractivity contribution in [3.63, 3.8) is 0 Å². The molecule has 4 aromatic rings. The first-order valence-electron chi connectivity index (χ1n) is 11.2. The maximum absolute atomic E-state index is 13.2. The first-order chi connectivity index (χ1) is 17.4. The molecule has 36 heavy (non-hydrogen) atoms. The molecule has 1 N–H and O–H groups in total. The molecule has 5 rings (SSSR count). The number of ether oxygens (including phenoxy) is 1. The van der Waals surface area contributed by atoms with Gasteiger partial charge in [0.25, 0.3) is 5.78 Å². The highest BCUT2D eigenvalue weighted by Gasteiger charge is 2.48. The lowest BCUT2D eigenvalue weighted by Gasteiger charge is -2.23. The van der Waals surface area contributed by atoms with Crippen LogP contribution in [0.2, 0.25) is 5.02 Å². The van der Waals surface area contributed by atoms with Gasteiger partial charge in [-0.2, -0.15) is 0 Å². The first kappa shape index (κ1) is 23.8. The van der Waals surface area contributed by atoms with Crippen LogP contribution < -0.4 is 9.64 Å². The summed E-state index contributed by atoms with van der Waals surface area (Å²) < 4.78 is 5.87. The second kappa shape index (κ2) is 9.97. The van der Waals surface area contributed by atoms with Crippen molar-refractivity contribution < 1.29 is 19.4 Å². The fourth-order valence-corrected chi connectivity index (χ4v) is 5.06. The number of amides is 1. The maximum Gasteiger partial charge on any atom is 0.301 e. The molecule has 0 unspecified atom stereocenters. The molecule has 1 fully saturated rings. The van der Waals surface area contributed by atoms with Gasteiger partial charge >= 0.3 is 5.91 Å². The minimum Gasteiger partial charge on any atom is -0.507 e. The normalized spacial score (nSPS) is 16.9. The Labute approximate surface area is 217 Å². The molecule has 180 valence electrons. The largest absolute Gasteiger partial charge is 0.507 e. The molecule has 0 bridgehead atoms. The molecule has 3 aromatic carbocycles. The van der Waals surface area contributed by atoms with Gasteiger partial charge in [0.2, 0.25) is 0 Å². The summed E-state index contributed by atoms with van der Waals surface area (Å²) >= 11 is 7.45. The third-order valence-corrected chi connectivity index (χ3v) is 6.86. The van der Waals surface area contributed by atoms with Gasteiger partial charge in [0, 0.05) is 22.2 Å². The van der Waals surface area contributed by atoms with Gasteiger partial charge in [0.05, 0.1) is 11.6 Å². The fourth-order valence-electron chi connectivity index (χ4n) is 4.19. The van der Waals surface area contributed by atoms with E-state index in [0.29, 0.717) is 33.6 Å². The van der Waals surface area contributed by atoms with Crippen LogP contribution in [0.25, 0.3) is 5.76 Å². The molecule has 1 amide bonds. The topological polar surface area (TPSA) is 79.7 Å². The van der Waals surface area contributed by atoms with Crippen LogP contribution in [0.5, 0.6) is 5.75 Å². The van der Waals surface area contributed by atoms with Crippen LogP contribution in [0.1, 0.15) is 28.3 Å². The molecule has 0 spiro atoms. The number of anilines is 1. The van der Waals surface area contributed by atoms with E-state index < -0.39 is 17.7 Å². The number of thiazole rings is 1. The van der Waals surface area contributed by atoms with E-state index in [9.17, 15) is 14.7 Å². The van der Waals surface area contributed by atoms with Gasteiger partial charge in [0.15, 0.2) is 5.13 Å². The van der Waals surface area contributed by atoms with E-state index in [-0.39, 0.29) is 11.3 Å². The Balaban J connectivity index is 1.49. The van der Waals surface area contributed by atoms with Crippen molar-refractivity contribution in [2.45, 2.75) is 19.6 Å². The SMILES string of the molecule is Cc1cccc(COc2ccc(C(O)=C3C(=O)C(=O)N(c4nccs4)[C@H]3c3cccc(Cl)c3)cc2)c1. The highest BCUT2D eigenvalue weighted by molar-refractivity contribution is 7.14. The van der Waals surface area contributed by atoms with Gasteiger partial charge in [-0.3, -0.25) is 14.5 Å². The van der Waals surface area contributed by atoms with Crippen molar-refractivity contribution in [2.75, 3.05) is 4.90 Å². The van der Waals surface area contributed by atoms with Crippen LogP contribution in [0.4, 0.5) is 5.13 Å². The van der Waals surface area contributed by atoms with Gasteiger partial charge in [0.1, 0.15) is 18.1 Å². The lowest BCUT2D eigenvalue weighted by Crippen LogP contribution is -2.29. The lowest BCUT2D eigenvalue weighted by molar-refractivity contribution is -0.132. The van der Waals surface area contributed by atoms with Crippen molar-refractivity contribution in [1.82, 2.24) is 4.98 Å². The molecule has 0 aliphatic carbocycles. The molecular formula is C28H21ClN2O4S. The molecule has 1 atom stereocenters. The number of benzene rings is 3. The summed E-state index contributed by atoms with van der Waals surface area (Å²) in [5.41, 5.74) is 3.16. The van der Waals surface area contributed by atoms with Crippen molar-refractivity contribution in [3.8, 4) is 5.75 Å². The number of nitrogens with zero attached hydrogens (tertiary/aromatic N) is 2. The number of rotatable bonds is 6. The summed E-state index contributed by atoms with van der Waals surface area (Å²) in [5, 5.41) is 13.8. The van der Waals surface area contributed by atoms with E-state index in [1.807, 2.05) is 25.1 Å². The number of ketones is 1.